The second kappa shape index (κ2) is 6.09. The lowest BCUT2D eigenvalue weighted by atomic mass is 10.0. The fourth-order valence-electron chi connectivity index (χ4n) is 0.954. The van der Waals surface area contributed by atoms with Gasteiger partial charge in [-0.05, 0) is 39.5 Å². The molecule has 0 spiro atoms. The van der Waals surface area contributed by atoms with Crippen molar-refractivity contribution in [3.05, 3.63) is 36.0 Å². The van der Waals surface area contributed by atoms with Gasteiger partial charge < -0.3 is 0 Å². The third-order valence-corrected chi connectivity index (χ3v) is 3.28. The predicted octanol–water partition coefficient (Wildman–Crippen LogP) is 4.21. The van der Waals surface area contributed by atoms with Crippen LogP contribution in [0.25, 0.3) is 0 Å². The molecule has 0 aromatic heterocycles. The van der Waals surface area contributed by atoms with Crippen molar-refractivity contribution in [1.82, 2.24) is 0 Å². The Kier molecular flexibility index (Phi) is 5.89. The van der Waals surface area contributed by atoms with Gasteiger partial charge in [-0.1, -0.05) is 30.4 Å². The van der Waals surface area contributed by atoms with E-state index >= 15 is 0 Å². The van der Waals surface area contributed by atoms with Gasteiger partial charge in [0.15, 0.2) is 0 Å². The van der Waals surface area contributed by atoms with Crippen LogP contribution < -0.4 is 0 Å². The molecule has 0 fully saturated rings. The van der Waals surface area contributed by atoms with Gasteiger partial charge in [0.05, 0.1) is 0 Å². The van der Waals surface area contributed by atoms with Crippen LogP contribution in [0.5, 0.6) is 0 Å². The summed E-state index contributed by atoms with van der Waals surface area (Å²) in [5.41, 5.74) is 1.36. The van der Waals surface area contributed by atoms with Crippen LogP contribution in [-0.4, -0.2) is 11.0 Å². The highest BCUT2D eigenvalue weighted by atomic mass is 32.2. The van der Waals surface area contributed by atoms with Crippen LogP contribution in [0.4, 0.5) is 0 Å². The van der Waals surface area contributed by atoms with Gasteiger partial charge in [0.2, 0.25) is 0 Å². The van der Waals surface area contributed by atoms with E-state index in [0.717, 1.165) is 0 Å². The highest BCUT2D eigenvalue weighted by Crippen LogP contribution is 2.30. The summed E-state index contributed by atoms with van der Waals surface area (Å²) in [6.45, 7) is 8.58. The Morgan fingerprint density at radius 1 is 1.15 bits per heavy atom. The van der Waals surface area contributed by atoms with Crippen LogP contribution in [0, 0.1) is 0 Å². The van der Waals surface area contributed by atoms with E-state index in [1.54, 1.807) is 0 Å². The second-order valence-electron chi connectivity index (χ2n) is 3.36. The molecule has 74 valence electrons. The van der Waals surface area contributed by atoms with Crippen LogP contribution in [-0.2, 0) is 0 Å². The average molecular weight is 196 g/mol. The number of hydrogen-bond acceptors (Lipinski definition) is 1. The molecule has 0 saturated carbocycles. The van der Waals surface area contributed by atoms with Gasteiger partial charge in [0.1, 0.15) is 0 Å². The van der Waals surface area contributed by atoms with E-state index in [1.807, 2.05) is 18.7 Å². The molecule has 0 N–H and O–H groups in total. The van der Waals surface area contributed by atoms with Crippen molar-refractivity contribution < 1.29 is 0 Å². The Hall–Kier alpha value is -0.430. The molecule has 0 radical (unpaired) electrons. The number of hydrogen-bond donors (Lipinski definition) is 0. The largest absolute Gasteiger partial charge is 0.154 e. The van der Waals surface area contributed by atoms with Crippen LogP contribution in [0.1, 0.15) is 27.7 Å². The molecule has 0 aliphatic rings. The zero-order valence-corrected chi connectivity index (χ0v) is 10.1. The molecule has 0 heterocycles. The first-order chi connectivity index (χ1) is 6.08. The minimum atomic E-state index is 0.200. The van der Waals surface area contributed by atoms with Crippen LogP contribution in [0.3, 0.4) is 0 Å². The second-order valence-corrected chi connectivity index (χ2v) is 4.79. The molecule has 0 unspecified atom stereocenters. The minimum absolute atomic E-state index is 0.200. The lowest BCUT2D eigenvalue weighted by Gasteiger charge is -2.23. The smallest absolute Gasteiger partial charge is 0.0349 e. The first-order valence-electron chi connectivity index (χ1n) is 4.59. The van der Waals surface area contributed by atoms with E-state index in [1.165, 1.54) is 5.57 Å². The molecule has 0 aliphatic heterocycles. The molecule has 0 aromatic carbocycles. The van der Waals surface area contributed by atoms with Gasteiger partial charge in [0, 0.05) is 4.75 Å². The highest BCUT2D eigenvalue weighted by molar-refractivity contribution is 8.00. The lowest BCUT2D eigenvalue weighted by molar-refractivity contribution is 0.859. The standard InChI is InChI=1S/C12H20S/c1-6-8-10-11(9-7-2)12(3,4)13-5/h6-10H,1-5H3/b8-6-,9-7-,11-10+. The summed E-state index contributed by atoms with van der Waals surface area (Å²) in [6, 6.07) is 0. The third kappa shape index (κ3) is 4.37. The summed E-state index contributed by atoms with van der Waals surface area (Å²) in [5.74, 6) is 0. The van der Waals surface area contributed by atoms with Crippen molar-refractivity contribution in [3.8, 4) is 0 Å². The van der Waals surface area contributed by atoms with Crippen LogP contribution in [0.15, 0.2) is 36.0 Å². The van der Waals surface area contributed by atoms with Gasteiger partial charge in [-0.3, -0.25) is 0 Å². The van der Waals surface area contributed by atoms with Crippen molar-refractivity contribution in [2.45, 2.75) is 32.4 Å². The van der Waals surface area contributed by atoms with Gasteiger partial charge in [-0.25, -0.2) is 0 Å². The first kappa shape index (κ1) is 12.6. The summed E-state index contributed by atoms with van der Waals surface area (Å²) in [6.07, 6.45) is 12.7. The Morgan fingerprint density at radius 3 is 2.15 bits per heavy atom. The Labute approximate surface area is 86.8 Å². The Balaban J connectivity index is 4.80. The first-order valence-corrected chi connectivity index (χ1v) is 5.82. The molecular formula is C12H20S. The monoisotopic (exact) mass is 196 g/mol. The van der Waals surface area contributed by atoms with Crippen LogP contribution >= 0.6 is 11.8 Å². The summed E-state index contributed by atoms with van der Waals surface area (Å²) in [7, 11) is 0. The molecule has 0 aliphatic carbocycles. The van der Waals surface area contributed by atoms with Crippen LogP contribution in [0.2, 0.25) is 0 Å². The van der Waals surface area contributed by atoms with E-state index in [9.17, 15) is 0 Å². The molecular weight excluding hydrogens is 176 g/mol. The number of rotatable bonds is 4. The van der Waals surface area contributed by atoms with E-state index < -0.39 is 0 Å². The molecule has 1 heteroatoms. The fraction of sp³-hybridized carbons (Fsp3) is 0.500. The quantitative estimate of drug-likeness (QED) is 0.607. The molecule has 0 atom stereocenters. The third-order valence-electron chi connectivity index (χ3n) is 2.02. The summed E-state index contributed by atoms with van der Waals surface area (Å²) >= 11 is 1.87. The summed E-state index contributed by atoms with van der Waals surface area (Å²) in [5, 5.41) is 0. The normalized spacial score (nSPS) is 14.7. The van der Waals surface area contributed by atoms with Gasteiger partial charge in [-0.2, -0.15) is 11.8 Å². The van der Waals surface area contributed by atoms with Gasteiger partial charge >= 0.3 is 0 Å². The zero-order valence-electron chi connectivity index (χ0n) is 9.29. The Morgan fingerprint density at radius 2 is 1.77 bits per heavy atom. The number of allylic oxidation sites excluding steroid dienone is 5. The molecule has 0 saturated heterocycles. The fourth-order valence-corrected chi connectivity index (χ4v) is 1.33. The molecule has 0 amide bonds. The van der Waals surface area contributed by atoms with Crippen molar-refractivity contribution in [3.63, 3.8) is 0 Å². The predicted molar refractivity (Wildman–Crippen MR) is 65.3 cm³/mol. The minimum Gasteiger partial charge on any atom is -0.154 e. The van der Waals surface area contributed by atoms with Crippen molar-refractivity contribution >= 4 is 11.8 Å². The SMILES string of the molecule is C\C=C/C=C(\C=C/C)C(C)(C)SC. The average Bonchev–Trinajstić information content (AvgIpc) is 2.12. The van der Waals surface area contributed by atoms with Crippen molar-refractivity contribution in [1.29, 1.82) is 0 Å². The Bertz CT molecular complexity index is 219. The molecule has 0 aromatic rings. The maximum Gasteiger partial charge on any atom is 0.0349 e. The van der Waals surface area contributed by atoms with E-state index in [0.29, 0.717) is 0 Å². The summed E-state index contributed by atoms with van der Waals surface area (Å²) in [4.78, 5) is 0. The maximum atomic E-state index is 2.24. The topological polar surface area (TPSA) is 0 Å². The van der Waals surface area contributed by atoms with Gasteiger partial charge in [0.25, 0.3) is 0 Å². The molecule has 0 nitrogen and oxygen atoms in total. The summed E-state index contributed by atoms with van der Waals surface area (Å²) < 4.78 is 0.200. The lowest BCUT2D eigenvalue weighted by Crippen LogP contribution is -2.16. The highest BCUT2D eigenvalue weighted by Gasteiger charge is 2.18. The van der Waals surface area contributed by atoms with E-state index in [4.69, 9.17) is 0 Å². The van der Waals surface area contributed by atoms with E-state index in [2.05, 4.69) is 57.4 Å². The molecule has 0 bridgehead atoms. The zero-order chi connectivity index (χ0) is 10.3. The van der Waals surface area contributed by atoms with Crippen molar-refractivity contribution in [2.24, 2.45) is 0 Å². The van der Waals surface area contributed by atoms with Crippen molar-refractivity contribution in [2.75, 3.05) is 6.26 Å². The number of thioether (sulfide) groups is 1. The van der Waals surface area contributed by atoms with E-state index in [-0.39, 0.29) is 4.75 Å². The maximum absolute atomic E-state index is 2.24. The molecule has 0 rings (SSSR count). The van der Waals surface area contributed by atoms with Gasteiger partial charge in [-0.15, -0.1) is 0 Å². The molecule has 13 heavy (non-hydrogen) atoms.